The third-order valence-corrected chi connectivity index (χ3v) is 12.8. The van der Waals surface area contributed by atoms with E-state index >= 15 is 0 Å². The highest BCUT2D eigenvalue weighted by Crippen LogP contribution is 2.24. The lowest BCUT2D eigenvalue weighted by molar-refractivity contribution is -0.138. The minimum atomic E-state index is -2.02. The van der Waals surface area contributed by atoms with Gasteiger partial charge in [-0.05, 0) is 51.1 Å². The lowest BCUT2D eigenvalue weighted by atomic mass is 10.1. The summed E-state index contributed by atoms with van der Waals surface area (Å²) in [7, 11) is -4.04. The number of rotatable bonds is 14. The van der Waals surface area contributed by atoms with Crippen LogP contribution in [0.3, 0.4) is 0 Å². The SMILES string of the molecule is C[Si](C)(CCCOC(=O)C(=O)c1ccccc1)O[Si](C)(C)CCCOC(=O)C(=O)c1ccccc1. The quantitative estimate of drug-likeness (QED) is 0.114. The number of esters is 2. The molecule has 0 aliphatic rings. The van der Waals surface area contributed by atoms with E-state index in [1.165, 1.54) is 0 Å². The Bertz CT molecular complexity index is 923. The van der Waals surface area contributed by atoms with Crippen LogP contribution in [0.4, 0.5) is 0 Å². The molecule has 2 rings (SSSR count). The Kier molecular flexibility index (Phi) is 10.7. The average molecular weight is 515 g/mol. The fourth-order valence-corrected chi connectivity index (χ4v) is 12.5. The standard InChI is InChI=1S/C26H34O7Si2/c1-34(2,19-11-17-31-25(29)23(27)21-13-7-5-8-14-21)33-35(3,4)20-12-18-32-26(30)24(28)22-15-9-6-10-16-22/h5-10,13-16H,11-12,17-20H2,1-4H3. The van der Waals surface area contributed by atoms with Crippen molar-refractivity contribution in [2.24, 2.45) is 0 Å². The minimum Gasteiger partial charge on any atom is -0.460 e. The first-order chi connectivity index (χ1) is 16.5. The third-order valence-electron chi connectivity index (χ3n) is 5.31. The van der Waals surface area contributed by atoms with Crippen LogP contribution in [0.5, 0.6) is 0 Å². The summed E-state index contributed by atoms with van der Waals surface area (Å²) >= 11 is 0. The van der Waals surface area contributed by atoms with Crippen molar-refractivity contribution in [3.63, 3.8) is 0 Å². The molecule has 0 aliphatic heterocycles. The Morgan fingerprint density at radius 3 is 1.29 bits per heavy atom. The van der Waals surface area contributed by atoms with Gasteiger partial charge in [-0.15, -0.1) is 0 Å². The average Bonchev–Trinajstić information content (AvgIpc) is 2.83. The van der Waals surface area contributed by atoms with E-state index in [-0.39, 0.29) is 13.2 Å². The van der Waals surface area contributed by atoms with Crippen molar-refractivity contribution in [2.75, 3.05) is 13.2 Å². The predicted molar refractivity (Wildman–Crippen MR) is 138 cm³/mol. The highest BCUT2D eigenvalue weighted by atomic mass is 28.4. The van der Waals surface area contributed by atoms with Crippen LogP contribution in [0.2, 0.25) is 38.3 Å². The maximum atomic E-state index is 12.1. The molecule has 0 amide bonds. The van der Waals surface area contributed by atoms with Crippen LogP contribution >= 0.6 is 0 Å². The van der Waals surface area contributed by atoms with Crippen LogP contribution in [0.1, 0.15) is 33.6 Å². The minimum absolute atomic E-state index is 0.171. The van der Waals surface area contributed by atoms with E-state index in [2.05, 4.69) is 26.2 Å². The van der Waals surface area contributed by atoms with E-state index in [1.54, 1.807) is 60.7 Å². The predicted octanol–water partition coefficient (Wildman–Crippen LogP) is 5.05. The third kappa shape index (κ3) is 10.1. The van der Waals surface area contributed by atoms with Crippen molar-refractivity contribution >= 4 is 40.1 Å². The van der Waals surface area contributed by atoms with Crippen LogP contribution in [0.15, 0.2) is 60.7 Å². The van der Waals surface area contributed by atoms with E-state index in [1.807, 2.05) is 0 Å². The molecule has 0 atom stereocenters. The Balaban J connectivity index is 1.67. The zero-order valence-corrected chi connectivity index (χ0v) is 22.9. The van der Waals surface area contributed by atoms with Crippen LogP contribution in [0.25, 0.3) is 0 Å². The van der Waals surface area contributed by atoms with E-state index < -0.39 is 40.1 Å². The molecule has 2 aromatic rings. The van der Waals surface area contributed by atoms with Gasteiger partial charge < -0.3 is 13.6 Å². The molecule has 7 nitrogen and oxygen atoms in total. The van der Waals surface area contributed by atoms with E-state index in [4.69, 9.17) is 13.6 Å². The first-order valence-corrected chi connectivity index (χ1v) is 18.0. The maximum absolute atomic E-state index is 12.1. The van der Waals surface area contributed by atoms with Crippen LogP contribution in [-0.4, -0.2) is 53.4 Å². The van der Waals surface area contributed by atoms with Crippen molar-refractivity contribution in [2.45, 2.75) is 51.1 Å². The van der Waals surface area contributed by atoms with Gasteiger partial charge in [0, 0.05) is 11.1 Å². The highest BCUT2D eigenvalue weighted by Gasteiger charge is 2.32. The van der Waals surface area contributed by atoms with Gasteiger partial charge in [-0.3, -0.25) is 9.59 Å². The van der Waals surface area contributed by atoms with Gasteiger partial charge in [0.05, 0.1) is 13.2 Å². The lowest BCUT2D eigenvalue weighted by Crippen LogP contribution is -2.44. The Labute approximate surface area is 209 Å². The maximum Gasteiger partial charge on any atom is 0.379 e. The number of hydrogen-bond acceptors (Lipinski definition) is 7. The summed E-state index contributed by atoms with van der Waals surface area (Å²) < 4.78 is 16.8. The second kappa shape index (κ2) is 13.3. The summed E-state index contributed by atoms with van der Waals surface area (Å²) in [4.78, 5) is 48.1. The first kappa shape index (κ1) is 28.4. The number of benzene rings is 2. The van der Waals surface area contributed by atoms with Crippen LogP contribution in [-0.2, 0) is 23.2 Å². The second-order valence-corrected chi connectivity index (χ2v) is 18.3. The van der Waals surface area contributed by atoms with Crippen molar-refractivity contribution in [1.29, 1.82) is 0 Å². The fraction of sp³-hybridized carbons (Fsp3) is 0.385. The molecule has 0 N–H and O–H groups in total. The van der Waals surface area contributed by atoms with Crippen LogP contribution in [0, 0.1) is 0 Å². The lowest BCUT2D eigenvalue weighted by Gasteiger charge is -2.34. The van der Waals surface area contributed by atoms with Gasteiger partial charge in [-0.1, -0.05) is 60.7 Å². The van der Waals surface area contributed by atoms with Gasteiger partial charge in [0.1, 0.15) is 0 Å². The molecule has 0 heterocycles. The molecule has 9 heteroatoms. The Morgan fingerprint density at radius 2 is 0.943 bits per heavy atom. The van der Waals surface area contributed by atoms with E-state index in [0.717, 1.165) is 12.1 Å². The van der Waals surface area contributed by atoms with Gasteiger partial charge in [0.15, 0.2) is 16.6 Å². The molecule has 188 valence electrons. The van der Waals surface area contributed by atoms with Crippen molar-refractivity contribution in [3.8, 4) is 0 Å². The number of ether oxygens (including phenoxy) is 2. The molecule has 35 heavy (non-hydrogen) atoms. The molecule has 0 radical (unpaired) electrons. The van der Waals surface area contributed by atoms with Crippen LogP contribution < -0.4 is 0 Å². The summed E-state index contributed by atoms with van der Waals surface area (Å²) in [5, 5.41) is 0. The molecule has 0 aliphatic carbocycles. The van der Waals surface area contributed by atoms with E-state index in [0.29, 0.717) is 24.0 Å². The molecular formula is C26H34O7Si2. The molecule has 0 fully saturated rings. The summed E-state index contributed by atoms with van der Waals surface area (Å²) in [5.74, 6) is -2.96. The van der Waals surface area contributed by atoms with Gasteiger partial charge in [-0.2, -0.15) is 0 Å². The summed E-state index contributed by atoms with van der Waals surface area (Å²) in [6.07, 6.45) is 1.24. The summed E-state index contributed by atoms with van der Waals surface area (Å²) in [5.41, 5.74) is 0.636. The number of ketones is 2. The van der Waals surface area contributed by atoms with Gasteiger partial charge in [0.25, 0.3) is 11.6 Å². The van der Waals surface area contributed by atoms with Gasteiger partial charge in [-0.25, -0.2) is 9.59 Å². The zero-order valence-electron chi connectivity index (χ0n) is 20.9. The summed E-state index contributed by atoms with van der Waals surface area (Å²) in [6.45, 7) is 8.83. The molecule has 0 unspecified atom stereocenters. The van der Waals surface area contributed by atoms with Crippen molar-refractivity contribution in [1.82, 2.24) is 0 Å². The molecule has 0 spiro atoms. The smallest absolute Gasteiger partial charge is 0.379 e. The molecule has 0 bridgehead atoms. The van der Waals surface area contributed by atoms with E-state index in [9.17, 15) is 19.2 Å². The van der Waals surface area contributed by atoms with Gasteiger partial charge >= 0.3 is 11.9 Å². The molecule has 0 aromatic heterocycles. The monoisotopic (exact) mass is 514 g/mol. The molecule has 2 aromatic carbocycles. The zero-order chi connectivity index (χ0) is 25.9. The Morgan fingerprint density at radius 1 is 0.600 bits per heavy atom. The normalized spacial score (nSPS) is 11.5. The molecular weight excluding hydrogens is 480 g/mol. The molecule has 0 saturated carbocycles. The topological polar surface area (TPSA) is 96.0 Å². The fourth-order valence-electron chi connectivity index (χ4n) is 3.72. The summed E-state index contributed by atoms with van der Waals surface area (Å²) in [6, 6.07) is 18.3. The number of carbonyl (C=O) groups excluding carboxylic acids is 4. The van der Waals surface area contributed by atoms with Crippen molar-refractivity contribution < 1.29 is 32.8 Å². The number of hydrogen-bond donors (Lipinski definition) is 0. The largest absolute Gasteiger partial charge is 0.460 e. The second-order valence-electron chi connectivity index (χ2n) is 9.49. The van der Waals surface area contributed by atoms with Gasteiger partial charge in [0.2, 0.25) is 0 Å². The number of carbonyl (C=O) groups is 4. The highest BCUT2D eigenvalue weighted by molar-refractivity contribution is 6.84. The Hall–Kier alpha value is -2.89. The first-order valence-electron chi connectivity index (χ1n) is 11.7. The van der Waals surface area contributed by atoms with Crippen molar-refractivity contribution in [3.05, 3.63) is 71.8 Å². The molecule has 0 saturated heterocycles. The number of Topliss-reactive ketones (excluding diaryl/α,β-unsaturated/α-hetero) is 2.